The lowest BCUT2D eigenvalue weighted by atomic mass is 9.81. The van der Waals surface area contributed by atoms with Crippen LogP contribution in [0.2, 0.25) is 0 Å². The first-order chi connectivity index (χ1) is 17.6. The van der Waals surface area contributed by atoms with Crippen molar-refractivity contribution in [2.45, 2.75) is 58.8 Å². The average molecular weight is 487 g/mol. The number of nitrogens with zero attached hydrogens (tertiary/aromatic N) is 2. The van der Waals surface area contributed by atoms with Crippen LogP contribution in [0.5, 0.6) is 5.75 Å². The van der Waals surface area contributed by atoms with Gasteiger partial charge in [-0.1, -0.05) is 45.0 Å². The summed E-state index contributed by atoms with van der Waals surface area (Å²) in [6, 6.07) is 16.1. The Hall–Kier alpha value is -3.52. The Kier molecular flexibility index (Phi) is 8.84. The zero-order valence-corrected chi connectivity index (χ0v) is 21.0. The maximum atomic E-state index is 15.1. The number of hydrogen-bond acceptors (Lipinski definition) is 3. The van der Waals surface area contributed by atoms with E-state index in [4.69, 9.17) is 4.74 Å². The summed E-state index contributed by atoms with van der Waals surface area (Å²) in [6.07, 6.45) is 6.66. The number of fused-ring (bicyclic) bond motifs is 1. The van der Waals surface area contributed by atoms with Crippen LogP contribution in [0.25, 0.3) is 0 Å². The van der Waals surface area contributed by atoms with Gasteiger partial charge in [0.05, 0.1) is 23.5 Å². The van der Waals surface area contributed by atoms with Gasteiger partial charge < -0.3 is 4.74 Å². The lowest BCUT2D eigenvalue weighted by Gasteiger charge is -2.25. The summed E-state index contributed by atoms with van der Waals surface area (Å²) in [4.78, 5) is 0. The number of halogens is 2. The van der Waals surface area contributed by atoms with E-state index in [1.165, 1.54) is 6.07 Å². The van der Waals surface area contributed by atoms with E-state index in [-0.39, 0.29) is 5.56 Å². The molecule has 0 amide bonds. The van der Waals surface area contributed by atoms with Crippen LogP contribution in [-0.2, 0) is 12.8 Å². The van der Waals surface area contributed by atoms with Gasteiger partial charge in [-0.2, -0.15) is 10.2 Å². The molecule has 0 spiro atoms. The molecule has 1 atom stereocenters. The van der Waals surface area contributed by atoms with Crippen molar-refractivity contribution in [3.8, 4) is 17.6 Å². The number of azo groups is 1. The van der Waals surface area contributed by atoms with Crippen molar-refractivity contribution < 1.29 is 13.5 Å². The Balaban J connectivity index is 1.41. The van der Waals surface area contributed by atoms with Crippen molar-refractivity contribution >= 4 is 11.4 Å². The predicted octanol–water partition coefficient (Wildman–Crippen LogP) is 8.86. The molecule has 0 aliphatic heterocycles. The lowest BCUT2D eigenvalue weighted by Crippen LogP contribution is -2.17. The summed E-state index contributed by atoms with van der Waals surface area (Å²) in [5.41, 5.74) is 3.33. The van der Waals surface area contributed by atoms with Crippen molar-refractivity contribution in [3.63, 3.8) is 0 Å². The molecule has 1 aliphatic carbocycles. The van der Waals surface area contributed by atoms with Crippen LogP contribution in [0.1, 0.15) is 68.2 Å². The van der Waals surface area contributed by atoms with Gasteiger partial charge in [-0.15, -0.1) is 0 Å². The molecule has 3 aromatic carbocycles. The second-order valence-corrected chi connectivity index (χ2v) is 9.28. The van der Waals surface area contributed by atoms with E-state index in [1.54, 1.807) is 24.3 Å². The SMILES string of the molecule is CCCCOc1ccc(N=Nc2ccc(C#Cc3c(F)cc4c(c3F)CCC(CCC)C4)cc2)cc1. The highest BCUT2D eigenvalue weighted by Gasteiger charge is 2.24. The van der Waals surface area contributed by atoms with Crippen LogP contribution in [0.3, 0.4) is 0 Å². The molecular weight excluding hydrogens is 454 g/mol. The number of ether oxygens (including phenoxy) is 1. The normalized spacial score (nSPS) is 14.8. The second-order valence-electron chi connectivity index (χ2n) is 9.28. The zero-order valence-electron chi connectivity index (χ0n) is 21.0. The summed E-state index contributed by atoms with van der Waals surface area (Å²) in [7, 11) is 0. The Labute approximate surface area is 212 Å². The highest BCUT2D eigenvalue weighted by Crippen LogP contribution is 2.32. The fraction of sp³-hybridized carbons (Fsp3) is 0.355. The molecule has 1 unspecified atom stereocenters. The van der Waals surface area contributed by atoms with Gasteiger partial charge in [0, 0.05) is 5.56 Å². The lowest BCUT2D eigenvalue weighted by molar-refractivity contribution is 0.309. The number of rotatable bonds is 8. The monoisotopic (exact) mass is 486 g/mol. The minimum Gasteiger partial charge on any atom is -0.494 e. The minimum atomic E-state index is -0.580. The van der Waals surface area contributed by atoms with Crippen molar-refractivity contribution in [3.05, 3.63) is 88.5 Å². The van der Waals surface area contributed by atoms with E-state index in [9.17, 15) is 4.39 Å². The third kappa shape index (κ3) is 6.57. The first kappa shape index (κ1) is 25.6. The molecule has 0 saturated carbocycles. The topological polar surface area (TPSA) is 34.0 Å². The molecule has 3 aromatic rings. The van der Waals surface area contributed by atoms with Crippen molar-refractivity contribution in [1.82, 2.24) is 0 Å². The van der Waals surface area contributed by atoms with E-state index >= 15 is 4.39 Å². The van der Waals surface area contributed by atoms with Gasteiger partial charge in [0.1, 0.15) is 17.4 Å². The summed E-state index contributed by atoms with van der Waals surface area (Å²) >= 11 is 0. The molecule has 4 rings (SSSR count). The molecule has 0 fully saturated rings. The van der Waals surface area contributed by atoms with E-state index in [1.807, 2.05) is 24.3 Å². The molecule has 36 heavy (non-hydrogen) atoms. The van der Waals surface area contributed by atoms with Crippen LogP contribution in [0.4, 0.5) is 20.2 Å². The molecule has 0 radical (unpaired) electrons. The third-order valence-electron chi connectivity index (χ3n) is 6.50. The van der Waals surface area contributed by atoms with Gasteiger partial charge in [0.2, 0.25) is 0 Å². The Morgan fingerprint density at radius 2 is 1.61 bits per heavy atom. The minimum absolute atomic E-state index is 0.145. The summed E-state index contributed by atoms with van der Waals surface area (Å²) in [5.74, 6) is 5.86. The maximum absolute atomic E-state index is 15.1. The van der Waals surface area contributed by atoms with Crippen molar-refractivity contribution in [1.29, 1.82) is 0 Å². The summed E-state index contributed by atoms with van der Waals surface area (Å²) in [6.45, 7) is 4.98. The molecule has 5 heteroatoms. The molecule has 0 bridgehead atoms. The number of benzene rings is 3. The largest absolute Gasteiger partial charge is 0.494 e. The standard InChI is InChI=1S/C31H32F2N2O/c1-3-5-19-36-27-15-13-26(14-16-27)35-34-25-11-7-22(8-12-25)9-18-29-30(32)21-24-20-23(6-4-2)10-17-28(24)31(29)33/h7-8,11-16,21,23H,3-6,10,17,19-20H2,1-2H3. The smallest absolute Gasteiger partial charge is 0.145 e. The maximum Gasteiger partial charge on any atom is 0.145 e. The van der Waals surface area contributed by atoms with Gasteiger partial charge in [0.15, 0.2) is 0 Å². The Bertz CT molecular complexity index is 1250. The van der Waals surface area contributed by atoms with Gasteiger partial charge in [-0.25, -0.2) is 8.78 Å². The van der Waals surface area contributed by atoms with Crippen molar-refractivity contribution in [2.75, 3.05) is 6.61 Å². The van der Waals surface area contributed by atoms with Gasteiger partial charge in [-0.3, -0.25) is 0 Å². The van der Waals surface area contributed by atoms with Crippen LogP contribution >= 0.6 is 0 Å². The van der Waals surface area contributed by atoms with E-state index < -0.39 is 11.6 Å². The highest BCUT2D eigenvalue weighted by atomic mass is 19.1. The number of hydrogen-bond donors (Lipinski definition) is 0. The first-order valence-corrected chi connectivity index (χ1v) is 12.8. The van der Waals surface area contributed by atoms with E-state index in [0.29, 0.717) is 35.8 Å². The van der Waals surface area contributed by atoms with Gasteiger partial charge in [0.25, 0.3) is 0 Å². The Morgan fingerprint density at radius 3 is 2.28 bits per heavy atom. The van der Waals surface area contributed by atoms with Crippen molar-refractivity contribution in [2.24, 2.45) is 16.1 Å². The zero-order chi connectivity index (χ0) is 25.3. The molecule has 0 saturated heterocycles. The molecule has 0 heterocycles. The van der Waals surface area contributed by atoms with Crippen LogP contribution in [0.15, 0.2) is 64.8 Å². The molecule has 186 valence electrons. The molecule has 0 aromatic heterocycles. The highest BCUT2D eigenvalue weighted by molar-refractivity contribution is 5.51. The molecule has 3 nitrogen and oxygen atoms in total. The quantitative estimate of drug-likeness (QED) is 0.178. The molecule has 1 aliphatic rings. The fourth-order valence-corrected chi connectivity index (χ4v) is 4.50. The third-order valence-corrected chi connectivity index (χ3v) is 6.50. The van der Waals surface area contributed by atoms with Gasteiger partial charge >= 0.3 is 0 Å². The summed E-state index contributed by atoms with van der Waals surface area (Å²) < 4.78 is 35.4. The van der Waals surface area contributed by atoms with Crippen LogP contribution in [-0.4, -0.2) is 6.61 Å². The average Bonchev–Trinajstić information content (AvgIpc) is 2.89. The predicted molar refractivity (Wildman–Crippen MR) is 140 cm³/mol. The Morgan fingerprint density at radius 1 is 0.917 bits per heavy atom. The second kappa shape index (κ2) is 12.4. The van der Waals surface area contributed by atoms with Gasteiger partial charge in [-0.05, 0) is 97.3 Å². The first-order valence-electron chi connectivity index (χ1n) is 12.8. The van der Waals surface area contributed by atoms with E-state index in [2.05, 4.69) is 35.9 Å². The molecular formula is C31H32F2N2O. The fourth-order valence-electron chi connectivity index (χ4n) is 4.50. The number of unbranched alkanes of at least 4 members (excludes halogenated alkanes) is 1. The van der Waals surface area contributed by atoms with Crippen LogP contribution in [0, 0.1) is 29.4 Å². The molecule has 0 N–H and O–H groups in total. The van der Waals surface area contributed by atoms with E-state index in [0.717, 1.165) is 55.5 Å². The van der Waals surface area contributed by atoms with Crippen LogP contribution < -0.4 is 4.74 Å². The summed E-state index contributed by atoms with van der Waals surface area (Å²) in [5, 5.41) is 8.51.